The predicted octanol–water partition coefficient (Wildman–Crippen LogP) is 1.86. The van der Waals surface area contributed by atoms with E-state index in [2.05, 4.69) is 31.1 Å². The summed E-state index contributed by atoms with van der Waals surface area (Å²) in [5, 5.41) is 19.1. The molecule has 0 aromatic heterocycles. The van der Waals surface area contributed by atoms with Crippen LogP contribution in [-0.4, -0.2) is 36.8 Å². The Bertz CT molecular complexity index is 658. The third-order valence-electron chi connectivity index (χ3n) is 2.93. The standard InChI is InChI=1S/C17H25BO4Si/c1-12-13(8-9-23(5,6)7)10-14(11-15(12)18(20)21)16(19)22-17(2,3)4/h10-11,20-21H,1-7H3. The summed E-state index contributed by atoms with van der Waals surface area (Å²) in [6.07, 6.45) is 0. The van der Waals surface area contributed by atoms with Crippen LogP contribution in [0.1, 0.15) is 42.3 Å². The van der Waals surface area contributed by atoms with Crippen LogP contribution >= 0.6 is 0 Å². The molecule has 0 saturated carbocycles. The second kappa shape index (κ2) is 6.92. The number of rotatable bonds is 2. The van der Waals surface area contributed by atoms with E-state index >= 15 is 0 Å². The fourth-order valence-electron chi connectivity index (χ4n) is 1.84. The Labute approximate surface area is 140 Å². The van der Waals surface area contributed by atoms with Crippen LogP contribution in [0, 0.1) is 18.4 Å². The Morgan fingerprint density at radius 3 is 2.22 bits per heavy atom. The van der Waals surface area contributed by atoms with Crippen molar-refractivity contribution < 1.29 is 19.6 Å². The quantitative estimate of drug-likeness (QED) is 0.493. The van der Waals surface area contributed by atoms with E-state index in [1.54, 1.807) is 33.8 Å². The minimum absolute atomic E-state index is 0.272. The summed E-state index contributed by atoms with van der Waals surface area (Å²) in [5.41, 5.74) is 4.44. The van der Waals surface area contributed by atoms with Crippen molar-refractivity contribution in [1.82, 2.24) is 0 Å². The minimum atomic E-state index is -1.66. The van der Waals surface area contributed by atoms with Gasteiger partial charge in [-0.05, 0) is 50.9 Å². The molecule has 0 radical (unpaired) electrons. The van der Waals surface area contributed by atoms with Crippen LogP contribution in [0.2, 0.25) is 19.6 Å². The Morgan fingerprint density at radius 2 is 1.78 bits per heavy atom. The van der Waals surface area contributed by atoms with E-state index in [1.165, 1.54) is 6.07 Å². The summed E-state index contributed by atoms with van der Waals surface area (Å²) in [6.45, 7) is 13.5. The number of benzene rings is 1. The first-order valence-corrected chi connectivity index (χ1v) is 11.1. The van der Waals surface area contributed by atoms with Crippen molar-refractivity contribution in [3.05, 3.63) is 28.8 Å². The number of hydrogen-bond acceptors (Lipinski definition) is 4. The molecule has 0 saturated heterocycles. The number of esters is 1. The van der Waals surface area contributed by atoms with Crippen LogP contribution in [0.25, 0.3) is 0 Å². The van der Waals surface area contributed by atoms with Gasteiger partial charge in [0.25, 0.3) is 0 Å². The van der Waals surface area contributed by atoms with Crippen LogP contribution in [-0.2, 0) is 4.74 Å². The number of hydrogen-bond donors (Lipinski definition) is 2. The van der Waals surface area contributed by atoms with E-state index in [-0.39, 0.29) is 11.0 Å². The fourth-order valence-corrected chi connectivity index (χ4v) is 2.35. The lowest BCUT2D eigenvalue weighted by Crippen LogP contribution is -2.34. The average Bonchev–Trinajstić information content (AvgIpc) is 2.33. The zero-order valence-corrected chi connectivity index (χ0v) is 15.9. The first-order chi connectivity index (χ1) is 10.3. The maximum absolute atomic E-state index is 12.3. The van der Waals surface area contributed by atoms with Crippen molar-refractivity contribution in [1.29, 1.82) is 0 Å². The van der Waals surface area contributed by atoms with Crippen molar-refractivity contribution in [3.63, 3.8) is 0 Å². The average molecular weight is 332 g/mol. The Hall–Kier alpha value is -1.55. The van der Waals surface area contributed by atoms with Gasteiger partial charge in [-0.1, -0.05) is 25.6 Å². The molecule has 0 aliphatic heterocycles. The zero-order chi connectivity index (χ0) is 18.0. The van der Waals surface area contributed by atoms with Crippen LogP contribution in [0.5, 0.6) is 0 Å². The molecule has 0 spiro atoms. The lowest BCUT2D eigenvalue weighted by Gasteiger charge is -2.20. The summed E-state index contributed by atoms with van der Waals surface area (Å²) in [7, 11) is -3.25. The normalized spacial score (nSPS) is 11.5. The summed E-state index contributed by atoms with van der Waals surface area (Å²) in [5.74, 6) is 2.58. The van der Waals surface area contributed by atoms with E-state index < -0.39 is 26.8 Å². The second-order valence-electron chi connectivity index (χ2n) is 7.61. The van der Waals surface area contributed by atoms with Gasteiger partial charge in [0.1, 0.15) is 13.7 Å². The van der Waals surface area contributed by atoms with E-state index in [9.17, 15) is 14.8 Å². The van der Waals surface area contributed by atoms with Gasteiger partial charge in [0.15, 0.2) is 0 Å². The summed E-state index contributed by atoms with van der Waals surface area (Å²) in [6, 6.07) is 3.11. The van der Waals surface area contributed by atoms with Gasteiger partial charge in [-0.3, -0.25) is 0 Å². The predicted molar refractivity (Wildman–Crippen MR) is 96.4 cm³/mol. The summed E-state index contributed by atoms with van der Waals surface area (Å²) >= 11 is 0. The van der Waals surface area contributed by atoms with Crippen LogP contribution in [0.15, 0.2) is 12.1 Å². The molecule has 0 unspecified atom stereocenters. The van der Waals surface area contributed by atoms with Gasteiger partial charge in [-0.25, -0.2) is 4.79 Å². The summed E-state index contributed by atoms with van der Waals surface area (Å²) < 4.78 is 5.36. The largest absolute Gasteiger partial charge is 0.488 e. The Morgan fingerprint density at radius 1 is 1.22 bits per heavy atom. The van der Waals surface area contributed by atoms with Crippen molar-refractivity contribution in [2.75, 3.05) is 0 Å². The molecule has 6 heteroatoms. The van der Waals surface area contributed by atoms with E-state index in [1.807, 2.05) is 0 Å². The molecule has 0 aliphatic rings. The molecule has 1 rings (SSSR count). The maximum Gasteiger partial charge on any atom is 0.488 e. The molecule has 0 amide bonds. The first kappa shape index (κ1) is 19.5. The SMILES string of the molecule is Cc1c(C#C[Si](C)(C)C)cc(C(=O)OC(C)(C)C)cc1B(O)O. The molecular formula is C17H25BO4Si. The minimum Gasteiger partial charge on any atom is -0.456 e. The molecule has 23 heavy (non-hydrogen) atoms. The van der Waals surface area contributed by atoms with E-state index in [0.717, 1.165) is 0 Å². The maximum atomic E-state index is 12.3. The molecule has 1 aromatic rings. The highest BCUT2D eigenvalue weighted by Gasteiger charge is 2.23. The third-order valence-corrected chi connectivity index (χ3v) is 3.81. The van der Waals surface area contributed by atoms with Crippen molar-refractivity contribution in [3.8, 4) is 11.5 Å². The van der Waals surface area contributed by atoms with Gasteiger partial charge in [0.05, 0.1) is 5.56 Å². The molecule has 0 bridgehead atoms. The Balaban J connectivity index is 3.41. The molecular weight excluding hydrogens is 307 g/mol. The van der Waals surface area contributed by atoms with Gasteiger partial charge in [-0.2, -0.15) is 0 Å². The third kappa shape index (κ3) is 6.22. The van der Waals surface area contributed by atoms with Crippen LogP contribution in [0.3, 0.4) is 0 Å². The fraction of sp³-hybridized carbons (Fsp3) is 0.471. The summed E-state index contributed by atoms with van der Waals surface area (Å²) in [4.78, 5) is 12.3. The van der Waals surface area contributed by atoms with Crippen LogP contribution in [0.4, 0.5) is 0 Å². The zero-order valence-electron chi connectivity index (χ0n) is 14.9. The monoisotopic (exact) mass is 332 g/mol. The topological polar surface area (TPSA) is 66.8 Å². The molecule has 0 aliphatic carbocycles. The highest BCUT2D eigenvalue weighted by molar-refractivity contribution is 6.83. The second-order valence-corrected chi connectivity index (χ2v) is 12.4. The molecule has 124 valence electrons. The van der Waals surface area contributed by atoms with Gasteiger partial charge < -0.3 is 14.8 Å². The molecule has 0 atom stereocenters. The van der Waals surface area contributed by atoms with Gasteiger partial charge in [0.2, 0.25) is 0 Å². The van der Waals surface area contributed by atoms with E-state index in [0.29, 0.717) is 11.1 Å². The highest BCUT2D eigenvalue weighted by atomic mass is 28.3. The Kier molecular flexibility index (Phi) is 5.86. The van der Waals surface area contributed by atoms with Crippen molar-refractivity contribution in [2.24, 2.45) is 0 Å². The smallest absolute Gasteiger partial charge is 0.456 e. The van der Waals surface area contributed by atoms with Crippen molar-refractivity contribution >= 4 is 26.6 Å². The lowest BCUT2D eigenvalue weighted by molar-refractivity contribution is 0.00696. The molecule has 0 fully saturated rings. The number of ether oxygens (including phenoxy) is 1. The van der Waals surface area contributed by atoms with Crippen molar-refractivity contribution in [2.45, 2.75) is 52.9 Å². The number of carbonyl (C=O) groups is 1. The molecule has 4 nitrogen and oxygen atoms in total. The van der Waals surface area contributed by atoms with Crippen LogP contribution < -0.4 is 5.46 Å². The highest BCUT2D eigenvalue weighted by Crippen LogP contribution is 2.15. The molecule has 2 N–H and O–H groups in total. The molecule has 0 heterocycles. The van der Waals surface area contributed by atoms with Gasteiger partial charge in [0, 0.05) is 5.56 Å². The first-order valence-electron chi connectivity index (χ1n) is 7.57. The lowest BCUT2D eigenvalue weighted by atomic mass is 9.75. The van der Waals surface area contributed by atoms with Gasteiger partial charge in [-0.15, -0.1) is 5.54 Å². The molecule has 1 aromatic carbocycles. The number of carbonyl (C=O) groups excluding carboxylic acids is 1. The van der Waals surface area contributed by atoms with E-state index in [4.69, 9.17) is 4.74 Å². The van der Waals surface area contributed by atoms with Gasteiger partial charge >= 0.3 is 13.1 Å².